The second-order valence-corrected chi connectivity index (χ2v) is 8.49. The molecule has 1 aromatic rings. The van der Waals surface area contributed by atoms with Crippen LogP contribution in [0.3, 0.4) is 0 Å². The minimum atomic E-state index is -3.13. The van der Waals surface area contributed by atoms with Gasteiger partial charge in [0.25, 0.3) is 12.0 Å². The molecule has 2 heterocycles. The zero-order valence-corrected chi connectivity index (χ0v) is 16.6. The van der Waals surface area contributed by atoms with Crippen molar-refractivity contribution in [3.05, 3.63) is 31.4 Å². The number of alkyl halides is 3. The van der Waals surface area contributed by atoms with E-state index in [1.807, 2.05) is 4.90 Å². The molecule has 1 aliphatic heterocycles. The molecule has 2 aliphatic carbocycles. The molecule has 1 saturated carbocycles. The molecule has 1 saturated heterocycles. The SMILES string of the molecule is CCC1CCN(C2C(C)=c3c(c(=O)[nH]c(=O)n3C3CC3)=C(C(F)F)C2F)CC1N. The molecule has 4 unspecified atom stereocenters. The highest BCUT2D eigenvalue weighted by Crippen LogP contribution is 2.34. The average Bonchev–Trinajstić information content (AvgIpc) is 3.47. The topological polar surface area (TPSA) is 84.1 Å². The molecule has 1 aromatic heterocycles. The van der Waals surface area contributed by atoms with Crippen LogP contribution in [0.2, 0.25) is 0 Å². The van der Waals surface area contributed by atoms with E-state index in [-0.39, 0.29) is 22.7 Å². The van der Waals surface area contributed by atoms with Gasteiger partial charge in [-0.1, -0.05) is 13.3 Å². The molecule has 0 aromatic carbocycles. The predicted octanol–water partition coefficient (Wildman–Crippen LogP) is 0.237. The van der Waals surface area contributed by atoms with Crippen LogP contribution in [0.25, 0.3) is 11.1 Å². The van der Waals surface area contributed by atoms with E-state index in [0.29, 0.717) is 24.6 Å². The maximum Gasteiger partial charge on any atom is 0.329 e. The number of H-pyrrole nitrogens is 1. The van der Waals surface area contributed by atoms with Gasteiger partial charge in [-0.25, -0.2) is 18.0 Å². The third-order valence-electron chi connectivity index (χ3n) is 6.73. The number of nitrogens with zero attached hydrogens (tertiary/aromatic N) is 2. The molecule has 3 N–H and O–H groups in total. The Hall–Kier alpha value is -1.87. The summed E-state index contributed by atoms with van der Waals surface area (Å²) >= 11 is 0. The van der Waals surface area contributed by atoms with Crippen molar-refractivity contribution < 1.29 is 13.2 Å². The van der Waals surface area contributed by atoms with Crippen molar-refractivity contribution in [2.75, 3.05) is 13.1 Å². The molecule has 29 heavy (non-hydrogen) atoms. The Kier molecular flexibility index (Phi) is 5.23. The maximum absolute atomic E-state index is 15.6. The standard InChI is InChI=1S/C20H27F3N4O2/c1-3-10-6-7-26(8-12(10)24)17-9(2)16-14(13(15(17)21)18(22)23)19(28)25-20(29)27(16)11-4-5-11/h10-12,15,17-18H,3-8,24H2,1-2H3,(H,25,28,29). The molecule has 3 aliphatic rings. The third kappa shape index (κ3) is 3.28. The van der Waals surface area contributed by atoms with Gasteiger partial charge in [0.2, 0.25) is 0 Å². The van der Waals surface area contributed by atoms with Gasteiger partial charge in [-0.2, -0.15) is 0 Å². The molecule has 4 rings (SSSR count). The van der Waals surface area contributed by atoms with Gasteiger partial charge < -0.3 is 5.73 Å². The summed E-state index contributed by atoms with van der Waals surface area (Å²) in [6.45, 7) is 4.63. The van der Waals surface area contributed by atoms with E-state index in [4.69, 9.17) is 5.73 Å². The molecule has 4 atom stereocenters. The number of piperidine rings is 1. The lowest BCUT2D eigenvalue weighted by Crippen LogP contribution is -2.64. The van der Waals surface area contributed by atoms with Gasteiger partial charge in [0, 0.05) is 24.2 Å². The zero-order chi connectivity index (χ0) is 21.0. The molecule has 6 nitrogen and oxygen atoms in total. The quantitative estimate of drug-likeness (QED) is 0.742. The van der Waals surface area contributed by atoms with Gasteiger partial charge in [0.05, 0.1) is 16.6 Å². The third-order valence-corrected chi connectivity index (χ3v) is 6.73. The van der Waals surface area contributed by atoms with E-state index >= 15 is 4.39 Å². The highest BCUT2D eigenvalue weighted by molar-refractivity contribution is 5.65. The first-order chi connectivity index (χ1) is 13.8. The number of likely N-dealkylation sites (tertiary alicyclic amines) is 1. The fourth-order valence-corrected chi connectivity index (χ4v) is 5.06. The summed E-state index contributed by atoms with van der Waals surface area (Å²) in [5.74, 6) is 0.312. The number of aromatic amines is 1. The summed E-state index contributed by atoms with van der Waals surface area (Å²) in [7, 11) is 0. The summed E-state index contributed by atoms with van der Waals surface area (Å²) in [6.07, 6.45) is -2.03. The van der Waals surface area contributed by atoms with Gasteiger partial charge in [-0.15, -0.1) is 0 Å². The number of halogens is 3. The van der Waals surface area contributed by atoms with Crippen LogP contribution in [0.1, 0.15) is 45.6 Å². The predicted molar refractivity (Wildman–Crippen MR) is 104 cm³/mol. The zero-order valence-electron chi connectivity index (χ0n) is 16.6. The first-order valence-corrected chi connectivity index (χ1v) is 10.3. The van der Waals surface area contributed by atoms with Gasteiger partial charge in [-0.3, -0.25) is 19.2 Å². The maximum atomic E-state index is 15.6. The molecule has 2 fully saturated rings. The Morgan fingerprint density at radius 2 is 1.93 bits per heavy atom. The fourth-order valence-electron chi connectivity index (χ4n) is 5.06. The van der Waals surface area contributed by atoms with Crippen molar-refractivity contribution in [2.45, 2.75) is 70.3 Å². The van der Waals surface area contributed by atoms with E-state index in [9.17, 15) is 18.4 Å². The average molecular weight is 412 g/mol. The lowest BCUT2D eigenvalue weighted by Gasteiger charge is -2.43. The van der Waals surface area contributed by atoms with Crippen molar-refractivity contribution in [3.63, 3.8) is 0 Å². The van der Waals surface area contributed by atoms with Crippen LogP contribution in [0.4, 0.5) is 13.2 Å². The monoisotopic (exact) mass is 412 g/mol. The number of nitrogens with one attached hydrogen (secondary N) is 1. The number of nitrogens with two attached hydrogens (primary N) is 1. The second-order valence-electron chi connectivity index (χ2n) is 8.49. The molecule has 0 radical (unpaired) electrons. The van der Waals surface area contributed by atoms with E-state index in [1.165, 1.54) is 4.57 Å². The summed E-state index contributed by atoms with van der Waals surface area (Å²) in [6, 6.07) is -1.27. The first-order valence-electron chi connectivity index (χ1n) is 10.3. The molecule has 0 bridgehead atoms. The first kappa shape index (κ1) is 20.4. The Labute approximate surface area is 165 Å². The number of rotatable bonds is 4. The van der Waals surface area contributed by atoms with Crippen molar-refractivity contribution in [1.29, 1.82) is 0 Å². The van der Waals surface area contributed by atoms with Crippen LogP contribution in [0.15, 0.2) is 9.59 Å². The van der Waals surface area contributed by atoms with Crippen LogP contribution < -0.4 is 27.6 Å². The summed E-state index contributed by atoms with van der Waals surface area (Å²) in [5.41, 5.74) is 4.33. The molecule has 0 amide bonds. The smallest absolute Gasteiger partial charge is 0.326 e. The van der Waals surface area contributed by atoms with Gasteiger partial charge in [0.1, 0.15) is 6.17 Å². The normalized spacial score (nSPS) is 30.7. The van der Waals surface area contributed by atoms with Crippen molar-refractivity contribution in [1.82, 2.24) is 14.5 Å². The Balaban J connectivity index is 1.96. The van der Waals surface area contributed by atoms with Crippen LogP contribution in [-0.2, 0) is 0 Å². The van der Waals surface area contributed by atoms with E-state index in [2.05, 4.69) is 11.9 Å². The van der Waals surface area contributed by atoms with Crippen molar-refractivity contribution in [2.24, 2.45) is 11.7 Å². The largest absolute Gasteiger partial charge is 0.329 e. The van der Waals surface area contributed by atoms with E-state index in [0.717, 1.165) is 25.7 Å². The van der Waals surface area contributed by atoms with Crippen LogP contribution in [0, 0.1) is 5.92 Å². The summed E-state index contributed by atoms with van der Waals surface area (Å²) < 4.78 is 44.9. The Morgan fingerprint density at radius 1 is 1.24 bits per heavy atom. The van der Waals surface area contributed by atoms with Crippen LogP contribution in [0.5, 0.6) is 0 Å². The number of hydrogen-bond donors (Lipinski definition) is 2. The van der Waals surface area contributed by atoms with E-state index < -0.39 is 35.5 Å². The molecule has 160 valence electrons. The molecular weight excluding hydrogens is 385 g/mol. The minimum absolute atomic E-state index is 0.146. The molecular formula is C20H27F3N4O2. The Bertz CT molecular complexity index is 1040. The van der Waals surface area contributed by atoms with Gasteiger partial charge in [0.15, 0.2) is 0 Å². The number of aromatic nitrogens is 2. The highest BCUT2D eigenvalue weighted by atomic mass is 19.3. The summed E-state index contributed by atoms with van der Waals surface area (Å²) in [4.78, 5) is 28.9. The van der Waals surface area contributed by atoms with Crippen LogP contribution in [-0.4, -0.2) is 52.2 Å². The van der Waals surface area contributed by atoms with Gasteiger partial charge in [-0.05, 0) is 44.2 Å². The lowest BCUT2D eigenvalue weighted by atomic mass is 9.85. The number of fused-ring (bicyclic) bond motifs is 1. The minimum Gasteiger partial charge on any atom is -0.326 e. The van der Waals surface area contributed by atoms with Crippen molar-refractivity contribution >= 4 is 11.1 Å². The molecule has 9 heteroatoms. The highest BCUT2D eigenvalue weighted by Gasteiger charge is 2.43. The van der Waals surface area contributed by atoms with Gasteiger partial charge >= 0.3 is 5.69 Å². The Morgan fingerprint density at radius 3 is 2.48 bits per heavy atom. The van der Waals surface area contributed by atoms with Crippen LogP contribution >= 0.6 is 0 Å². The van der Waals surface area contributed by atoms with E-state index in [1.54, 1.807) is 6.92 Å². The fraction of sp³-hybridized carbons (Fsp3) is 0.700. The number of hydrogen-bond acceptors (Lipinski definition) is 4. The van der Waals surface area contributed by atoms with Crippen molar-refractivity contribution in [3.8, 4) is 0 Å². The second kappa shape index (κ2) is 7.43. The molecule has 0 spiro atoms. The lowest BCUT2D eigenvalue weighted by molar-refractivity contribution is 0.0958. The summed E-state index contributed by atoms with van der Waals surface area (Å²) in [5, 5.41) is -0.206.